The zero-order valence-corrected chi connectivity index (χ0v) is 12.5. The number of amides is 1. The summed E-state index contributed by atoms with van der Waals surface area (Å²) in [6.45, 7) is 2.22. The van der Waals surface area contributed by atoms with Crippen molar-refractivity contribution < 1.29 is 13.2 Å². The Morgan fingerprint density at radius 2 is 2.20 bits per heavy atom. The molecule has 1 atom stereocenters. The van der Waals surface area contributed by atoms with Crippen molar-refractivity contribution in [3.63, 3.8) is 0 Å². The Kier molecular flexibility index (Phi) is 4.27. The summed E-state index contributed by atoms with van der Waals surface area (Å²) >= 11 is 0. The summed E-state index contributed by atoms with van der Waals surface area (Å²) in [5, 5.41) is 5.70. The summed E-state index contributed by atoms with van der Waals surface area (Å²) < 4.78 is 22.7. The molecule has 0 aromatic carbocycles. The van der Waals surface area contributed by atoms with Gasteiger partial charge in [0.25, 0.3) is 5.91 Å². The van der Waals surface area contributed by atoms with Gasteiger partial charge in [0.1, 0.15) is 5.82 Å². The number of hydrogen-bond acceptors (Lipinski definition) is 5. The molecule has 2 rings (SSSR count). The van der Waals surface area contributed by atoms with Gasteiger partial charge in [-0.25, -0.2) is 13.4 Å². The van der Waals surface area contributed by atoms with Gasteiger partial charge in [-0.1, -0.05) is 0 Å². The number of nitrogens with one attached hydrogen (secondary N) is 2. The number of pyridine rings is 1. The predicted molar refractivity (Wildman–Crippen MR) is 77.6 cm³/mol. The third-order valence-corrected chi connectivity index (χ3v) is 5.19. The van der Waals surface area contributed by atoms with E-state index in [1.807, 2.05) is 6.92 Å². The fourth-order valence-corrected chi connectivity index (χ4v) is 4.16. The van der Waals surface area contributed by atoms with E-state index < -0.39 is 9.84 Å². The summed E-state index contributed by atoms with van der Waals surface area (Å²) in [4.78, 5) is 16.3. The molecule has 1 saturated heterocycles. The number of carbonyl (C=O) groups is 1. The van der Waals surface area contributed by atoms with Gasteiger partial charge in [-0.2, -0.15) is 0 Å². The molecule has 0 radical (unpaired) electrons. The molecule has 1 amide bonds. The minimum absolute atomic E-state index is 0.0238. The SMILES string of the molecule is CNc1cc(C(=O)NCC2CCS(=O)(=O)C2)cc(C)n1. The number of carbonyl (C=O) groups excluding carboxylic acids is 1. The van der Waals surface area contributed by atoms with Gasteiger partial charge in [-0.3, -0.25) is 4.79 Å². The molecule has 0 saturated carbocycles. The maximum absolute atomic E-state index is 12.1. The molecule has 1 aliphatic heterocycles. The van der Waals surface area contributed by atoms with Crippen molar-refractivity contribution in [2.45, 2.75) is 13.3 Å². The minimum atomic E-state index is -2.90. The van der Waals surface area contributed by atoms with E-state index in [1.54, 1.807) is 19.2 Å². The molecular formula is C13H19N3O3S. The van der Waals surface area contributed by atoms with Crippen molar-refractivity contribution in [3.8, 4) is 0 Å². The van der Waals surface area contributed by atoms with Crippen LogP contribution in [0.3, 0.4) is 0 Å². The molecule has 7 heteroatoms. The number of anilines is 1. The number of sulfone groups is 1. The van der Waals surface area contributed by atoms with Crippen LogP contribution in [0.15, 0.2) is 12.1 Å². The second-order valence-electron chi connectivity index (χ2n) is 5.11. The molecule has 0 bridgehead atoms. The highest BCUT2D eigenvalue weighted by molar-refractivity contribution is 7.91. The van der Waals surface area contributed by atoms with Gasteiger partial charge in [-0.15, -0.1) is 0 Å². The van der Waals surface area contributed by atoms with Crippen LogP contribution in [0.4, 0.5) is 5.82 Å². The van der Waals surface area contributed by atoms with Gasteiger partial charge in [-0.05, 0) is 31.4 Å². The smallest absolute Gasteiger partial charge is 0.251 e. The maximum atomic E-state index is 12.1. The van der Waals surface area contributed by atoms with E-state index in [2.05, 4.69) is 15.6 Å². The molecule has 0 spiro atoms. The summed E-state index contributed by atoms with van der Waals surface area (Å²) in [5.74, 6) is 0.863. The van der Waals surface area contributed by atoms with Crippen molar-refractivity contribution in [2.24, 2.45) is 5.92 Å². The van der Waals surface area contributed by atoms with Gasteiger partial charge in [0.15, 0.2) is 9.84 Å². The standard InChI is InChI=1S/C13H19N3O3S/c1-9-5-11(6-12(14-2)16-9)13(17)15-7-10-3-4-20(18,19)8-10/h5-6,10H,3-4,7-8H2,1-2H3,(H,14,16)(H,15,17). The average molecular weight is 297 g/mol. The molecule has 6 nitrogen and oxygen atoms in total. The van der Waals surface area contributed by atoms with E-state index in [1.165, 1.54) is 0 Å². The molecule has 1 aliphatic rings. The zero-order valence-electron chi connectivity index (χ0n) is 11.6. The molecule has 1 unspecified atom stereocenters. The van der Waals surface area contributed by atoms with Gasteiger partial charge in [0.2, 0.25) is 0 Å². The van der Waals surface area contributed by atoms with Crippen molar-refractivity contribution in [1.29, 1.82) is 0 Å². The van der Waals surface area contributed by atoms with E-state index in [0.29, 0.717) is 24.3 Å². The van der Waals surface area contributed by atoms with Crippen molar-refractivity contribution in [3.05, 3.63) is 23.4 Å². The summed E-state index contributed by atoms with van der Waals surface area (Å²) in [6.07, 6.45) is 0.625. The second-order valence-corrected chi connectivity index (χ2v) is 7.34. The molecule has 1 aromatic rings. The summed E-state index contributed by atoms with van der Waals surface area (Å²) in [5.41, 5.74) is 1.29. The molecule has 1 aromatic heterocycles. The third kappa shape index (κ3) is 3.69. The Bertz CT molecular complexity index is 613. The number of rotatable bonds is 4. The Balaban J connectivity index is 1.97. The molecule has 0 aliphatic carbocycles. The monoisotopic (exact) mass is 297 g/mol. The molecule has 1 fully saturated rings. The normalized spacial score (nSPS) is 20.6. The Hall–Kier alpha value is -1.63. The number of aromatic nitrogens is 1. The van der Waals surface area contributed by atoms with E-state index in [9.17, 15) is 13.2 Å². The number of nitrogens with zero attached hydrogens (tertiary/aromatic N) is 1. The quantitative estimate of drug-likeness (QED) is 0.849. The lowest BCUT2D eigenvalue weighted by molar-refractivity contribution is 0.0948. The summed E-state index contributed by atoms with van der Waals surface area (Å²) in [6, 6.07) is 3.38. The van der Waals surface area contributed by atoms with Crippen LogP contribution in [0.1, 0.15) is 22.5 Å². The van der Waals surface area contributed by atoms with Crippen molar-refractivity contribution >= 4 is 21.6 Å². The van der Waals surface area contributed by atoms with Gasteiger partial charge < -0.3 is 10.6 Å². The molecular weight excluding hydrogens is 278 g/mol. The lowest BCUT2D eigenvalue weighted by Gasteiger charge is -2.11. The lowest BCUT2D eigenvalue weighted by Crippen LogP contribution is -2.30. The van der Waals surface area contributed by atoms with Gasteiger partial charge in [0.05, 0.1) is 11.5 Å². The molecule has 2 heterocycles. The number of aryl methyl sites for hydroxylation is 1. The van der Waals surface area contributed by atoms with E-state index >= 15 is 0 Å². The third-order valence-electron chi connectivity index (χ3n) is 3.35. The lowest BCUT2D eigenvalue weighted by atomic mass is 10.1. The molecule has 2 N–H and O–H groups in total. The first kappa shape index (κ1) is 14.8. The highest BCUT2D eigenvalue weighted by atomic mass is 32.2. The van der Waals surface area contributed by atoms with E-state index in [0.717, 1.165) is 5.69 Å². The van der Waals surface area contributed by atoms with Crippen LogP contribution in [0, 0.1) is 12.8 Å². The van der Waals surface area contributed by atoms with Crippen LogP contribution < -0.4 is 10.6 Å². The van der Waals surface area contributed by atoms with Gasteiger partial charge in [0, 0.05) is 24.8 Å². The van der Waals surface area contributed by atoms with E-state index in [4.69, 9.17) is 0 Å². The maximum Gasteiger partial charge on any atom is 0.251 e. The van der Waals surface area contributed by atoms with Crippen molar-refractivity contribution in [2.75, 3.05) is 30.4 Å². The highest BCUT2D eigenvalue weighted by Gasteiger charge is 2.28. The second kappa shape index (κ2) is 5.78. The van der Waals surface area contributed by atoms with Crippen LogP contribution in [-0.4, -0.2) is 44.4 Å². The fourth-order valence-electron chi connectivity index (χ4n) is 2.30. The van der Waals surface area contributed by atoms with Crippen LogP contribution in [0.25, 0.3) is 0 Å². The first-order chi connectivity index (χ1) is 9.39. The Morgan fingerprint density at radius 1 is 1.45 bits per heavy atom. The van der Waals surface area contributed by atoms with Crippen LogP contribution in [0.2, 0.25) is 0 Å². The van der Waals surface area contributed by atoms with Crippen LogP contribution in [-0.2, 0) is 9.84 Å². The Labute approximate surface area is 118 Å². The van der Waals surface area contributed by atoms with Crippen LogP contribution in [0.5, 0.6) is 0 Å². The zero-order chi connectivity index (χ0) is 14.8. The minimum Gasteiger partial charge on any atom is -0.373 e. The van der Waals surface area contributed by atoms with E-state index in [-0.39, 0.29) is 23.3 Å². The highest BCUT2D eigenvalue weighted by Crippen LogP contribution is 2.17. The Morgan fingerprint density at radius 3 is 2.80 bits per heavy atom. The summed E-state index contributed by atoms with van der Waals surface area (Å²) in [7, 11) is -1.15. The first-order valence-corrected chi connectivity index (χ1v) is 8.37. The van der Waals surface area contributed by atoms with Crippen molar-refractivity contribution in [1.82, 2.24) is 10.3 Å². The number of hydrogen-bond donors (Lipinski definition) is 2. The largest absolute Gasteiger partial charge is 0.373 e. The van der Waals surface area contributed by atoms with Gasteiger partial charge >= 0.3 is 0 Å². The fraction of sp³-hybridized carbons (Fsp3) is 0.538. The molecule has 20 heavy (non-hydrogen) atoms. The molecule has 110 valence electrons. The van der Waals surface area contributed by atoms with Crippen LogP contribution >= 0.6 is 0 Å². The first-order valence-electron chi connectivity index (χ1n) is 6.55. The topological polar surface area (TPSA) is 88.2 Å². The predicted octanol–water partition coefficient (Wildman–Crippen LogP) is 0.596. The average Bonchev–Trinajstić information content (AvgIpc) is 2.74.